The number of halogens is 4. The van der Waals surface area contributed by atoms with Gasteiger partial charge in [0.15, 0.2) is 6.61 Å². The summed E-state index contributed by atoms with van der Waals surface area (Å²) in [6.45, 7) is -1.35. The summed E-state index contributed by atoms with van der Waals surface area (Å²) in [6, 6.07) is 9.12. The molecule has 0 saturated carbocycles. The van der Waals surface area contributed by atoms with Crippen LogP contribution in [-0.2, 0) is 11.3 Å². The number of para-hydroxylation sites is 1. The third kappa shape index (κ3) is 5.55. The second-order valence-corrected chi connectivity index (χ2v) is 6.74. The molecule has 8 nitrogen and oxygen atoms in total. The van der Waals surface area contributed by atoms with Gasteiger partial charge in [0.25, 0.3) is 5.56 Å². The van der Waals surface area contributed by atoms with Crippen LogP contribution in [0.15, 0.2) is 53.6 Å². The fourth-order valence-electron chi connectivity index (χ4n) is 2.66. The van der Waals surface area contributed by atoms with Crippen LogP contribution in [0.3, 0.4) is 0 Å². The number of hydrogen-bond acceptors (Lipinski definition) is 7. The molecule has 1 aromatic carbocycles. The number of esters is 1. The average Bonchev–Trinajstić information content (AvgIpc) is 2.78. The summed E-state index contributed by atoms with van der Waals surface area (Å²) < 4.78 is 47.2. The van der Waals surface area contributed by atoms with Gasteiger partial charge < -0.3 is 14.8 Å². The number of carbonyl (C=O) groups excluding carboxylic acids is 1. The van der Waals surface area contributed by atoms with Gasteiger partial charge in [0.05, 0.1) is 30.2 Å². The molecule has 0 fully saturated rings. The van der Waals surface area contributed by atoms with Crippen LogP contribution < -0.4 is 15.6 Å². The molecule has 0 saturated heterocycles. The van der Waals surface area contributed by atoms with E-state index >= 15 is 0 Å². The molecule has 0 bridgehead atoms. The van der Waals surface area contributed by atoms with E-state index in [0.29, 0.717) is 5.56 Å². The molecule has 0 spiro atoms. The van der Waals surface area contributed by atoms with E-state index in [2.05, 4.69) is 20.1 Å². The molecule has 0 aliphatic rings. The molecule has 0 unspecified atom stereocenters. The summed E-state index contributed by atoms with van der Waals surface area (Å²) in [5, 5.41) is 6.76. The molecular formula is C20H16ClF3N4O4. The highest BCUT2D eigenvalue weighted by Crippen LogP contribution is 2.21. The molecule has 0 radical (unpaired) electrons. The Labute approximate surface area is 184 Å². The number of aromatic nitrogens is 3. The van der Waals surface area contributed by atoms with Gasteiger partial charge in [-0.15, -0.1) is 0 Å². The van der Waals surface area contributed by atoms with E-state index in [9.17, 15) is 22.8 Å². The van der Waals surface area contributed by atoms with Crippen molar-refractivity contribution >= 4 is 23.3 Å². The standard InChI is InChI=1S/C20H16ClF3N4O4/c1-31-19(30)13-4-2-3-5-15(13)28-18(29)17(21)14(10-27-28)26-9-12-6-7-25-16(8-12)32-11-20(22,23)24/h2-8,10,26H,9,11H2,1H3. The van der Waals surface area contributed by atoms with Gasteiger partial charge in [-0.1, -0.05) is 23.7 Å². The zero-order valence-electron chi connectivity index (χ0n) is 16.5. The first-order chi connectivity index (χ1) is 15.2. The maximum absolute atomic E-state index is 12.7. The Bertz CT molecular complexity index is 1180. The summed E-state index contributed by atoms with van der Waals surface area (Å²) in [5.74, 6) is -0.838. The highest BCUT2D eigenvalue weighted by atomic mass is 35.5. The minimum atomic E-state index is -4.48. The first-order valence-corrected chi connectivity index (χ1v) is 9.41. The van der Waals surface area contributed by atoms with Crippen LogP contribution in [0.25, 0.3) is 5.69 Å². The lowest BCUT2D eigenvalue weighted by Crippen LogP contribution is -2.24. The van der Waals surface area contributed by atoms with Crippen LogP contribution in [-0.4, -0.2) is 40.6 Å². The minimum Gasteiger partial charge on any atom is -0.468 e. The average molecular weight is 469 g/mol. The normalized spacial score (nSPS) is 11.2. The monoisotopic (exact) mass is 468 g/mol. The van der Waals surface area contributed by atoms with Crippen molar-refractivity contribution in [3.63, 3.8) is 0 Å². The molecule has 168 valence electrons. The highest BCUT2D eigenvalue weighted by Gasteiger charge is 2.28. The number of benzene rings is 1. The van der Waals surface area contributed by atoms with Gasteiger partial charge in [-0.2, -0.15) is 23.0 Å². The Morgan fingerprint density at radius 1 is 1.25 bits per heavy atom. The maximum atomic E-state index is 12.7. The van der Waals surface area contributed by atoms with Crippen molar-refractivity contribution in [3.8, 4) is 11.6 Å². The summed E-state index contributed by atoms with van der Waals surface area (Å²) in [4.78, 5) is 28.4. The van der Waals surface area contributed by atoms with E-state index in [0.717, 1.165) is 4.68 Å². The van der Waals surface area contributed by atoms with Gasteiger partial charge in [-0.25, -0.2) is 9.78 Å². The number of nitrogens with zero attached hydrogens (tertiary/aromatic N) is 3. The van der Waals surface area contributed by atoms with Crippen molar-refractivity contribution < 1.29 is 27.4 Å². The number of anilines is 1. The second kappa shape index (κ2) is 9.69. The van der Waals surface area contributed by atoms with Gasteiger partial charge in [-0.3, -0.25) is 4.79 Å². The highest BCUT2D eigenvalue weighted by molar-refractivity contribution is 6.32. The number of nitrogens with one attached hydrogen (secondary N) is 1. The summed E-state index contributed by atoms with van der Waals surface area (Å²) >= 11 is 6.20. The van der Waals surface area contributed by atoms with Crippen LogP contribution >= 0.6 is 11.6 Å². The van der Waals surface area contributed by atoms with Gasteiger partial charge >= 0.3 is 12.1 Å². The lowest BCUT2D eigenvalue weighted by molar-refractivity contribution is -0.154. The number of rotatable bonds is 7. The predicted molar refractivity (Wildman–Crippen MR) is 109 cm³/mol. The van der Waals surface area contributed by atoms with Gasteiger partial charge in [-0.05, 0) is 23.8 Å². The van der Waals surface area contributed by atoms with Crippen molar-refractivity contribution in [2.24, 2.45) is 0 Å². The SMILES string of the molecule is COC(=O)c1ccccc1-n1ncc(NCc2ccnc(OCC(F)(F)F)c2)c(Cl)c1=O. The first kappa shape index (κ1) is 23.1. The Morgan fingerprint density at radius 3 is 2.72 bits per heavy atom. The molecule has 0 aliphatic heterocycles. The number of carbonyl (C=O) groups is 1. The van der Waals surface area contributed by atoms with Crippen molar-refractivity contribution in [1.82, 2.24) is 14.8 Å². The fraction of sp³-hybridized carbons (Fsp3) is 0.200. The summed E-state index contributed by atoms with van der Waals surface area (Å²) in [5.41, 5.74) is 0.367. The van der Waals surface area contributed by atoms with Crippen molar-refractivity contribution in [3.05, 3.63) is 75.3 Å². The molecule has 2 heterocycles. The zero-order valence-corrected chi connectivity index (χ0v) is 17.3. The number of methoxy groups -OCH3 is 1. The number of pyridine rings is 1. The molecule has 2 aromatic heterocycles. The maximum Gasteiger partial charge on any atom is 0.422 e. The molecule has 3 aromatic rings. The largest absolute Gasteiger partial charge is 0.468 e. The van der Waals surface area contributed by atoms with Crippen molar-refractivity contribution in [1.29, 1.82) is 0 Å². The Morgan fingerprint density at radius 2 is 2.00 bits per heavy atom. The van der Waals surface area contributed by atoms with Gasteiger partial charge in [0.1, 0.15) is 5.02 Å². The van der Waals surface area contributed by atoms with Crippen LogP contribution in [0.5, 0.6) is 5.88 Å². The lowest BCUT2D eigenvalue weighted by Gasteiger charge is -2.13. The van der Waals surface area contributed by atoms with E-state index in [1.54, 1.807) is 18.2 Å². The summed E-state index contributed by atoms with van der Waals surface area (Å²) in [6.07, 6.45) is -1.89. The number of alkyl halides is 3. The summed E-state index contributed by atoms with van der Waals surface area (Å²) in [7, 11) is 1.22. The van der Waals surface area contributed by atoms with Crippen molar-refractivity contribution in [2.75, 3.05) is 19.0 Å². The smallest absolute Gasteiger partial charge is 0.422 e. The number of ether oxygens (including phenoxy) is 2. The Hall–Kier alpha value is -3.60. The quantitative estimate of drug-likeness (QED) is 0.529. The van der Waals surface area contributed by atoms with Crippen LogP contribution in [0.4, 0.5) is 18.9 Å². The molecule has 0 aliphatic carbocycles. The molecular weight excluding hydrogens is 453 g/mol. The third-order valence-corrected chi connectivity index (χ3v) is 4.49. The van der Waals surface area contributed by atoms with Crippen LogP contribution in [0.2, 0.25) is 5.02 Å². The van der Waals surface area contributed by atoms with E-state index in [4.69, 9.17) is 16.3 Å². The van der Waals surface area contributed by atoms with E-state index in [1.807, 2.05) is 0 Å². The fourth-order valence-corrected chi connectivity index (χ4v) is 2.86. The van der Waals surface area contributed by atoms with E-state index in [1.165, 1.54) is 37.7 Å². The molecule has 1 N–H and O–H groups in total. The van der Waals surface area contributed by atoms with Crippen LogP contribution in [0, 0.1) is 0 Å². The first-order valence-electron chi connectivity index (χ1n) is 9.03. The van der Waals surface area contributed by atoms with Gasteiger partial charge in [0.2, 0.25) is 5.88 Å². The molecule has 0 amide bonds. The minimum absolute atomic E-state index is 0.106. The van der Waals surface area contributed by atoms with Crippen molar-refractivity contribution in [2.45, 2.75) is 12.7 Å². The Balaban J connectivity index is 1.79. The predicted octanol–water partition coefficient (Wildman–Crippen LogP) is 3.62. The molecule has 3 rings (SSSR count). The van der Waals surface area contributed by atoms with Crippen LogP contribution in [0.1, 0.15) is 15.9 Å². The van der Waals surface area contributed by atoms with Gasteiger partial charge in [0, 0.05) is 18.8 Å². The zero-order chi connectivity index (χ0) is 23.3. The molecule has 12 heteroatoms. The number of hydrogen-bond donors (Lipinski definition) is 1. The second-order valence-electron chi connectivity index (χ2n) is 6.36. The van der Waals surface area contributed by atoms with E-state index in [-0.39, 0.29) is 34.4 Å². The molecule has 32 heavy (non-hydrogen) atoms. The lowest BCUT2D eigenvalue weighted by atomic mass is 10.2. The molecule has 0 atom stereocenters. The topological polar surface area (TPSA) is 95.3 Å². The third-order valence-electron chi connectivity index (χ3n) is 4.12. The van der Waals surface area contributed by atoms with E-state index < -0.39 is 24.3 Å². The Kier molecular flexibility index (Phi) is 6.98.